The number of carbonyl (C=O) groups excluding carboxylic acids is 2. The molecular weight excluding hydrogens is 272 g/mol. The zero-order valence-electron chi connectivity index (χ0n) is 7.68. The van der Waals surface area contributed by atoms with Crippen LogP contribution in [0.2, 0.25) is 10.0 Å². The summed E-state index contributed by atoms with van der Waals surface area (Å²) in [6.45, 7) is 0. The van der Waals surface area contributed by atoms with Crippen molar-refractivity contribution < 1.29 is 9.59 Å². The molecule has 1 aromatic carbocycles. The maximum absolute atomic E-state index is 11.7. The van der Waals surface area contributed by atoms with Crippen molar-refractivity contribution in [2.45, 2.75) is 0 Å². The highest BCUT2D eigenvalue weighted by Gasteiger charge is 2.30. The van der Waals surface area contributed by atoms with Crippen LogP contribution in [-0.4, -0.2) is 11.6 Å². The standard InChI is InChI=1S/C10H4Cl3NO2/c11-5-1-3-4(2-6(5)12)10(16)8(14)7(13)9(3)15/h1-2H,14H2. The summed E-state index contributed by atoms with van der Waals surface area (Å²) in [6.07, 6.45) is 0. The number of nitrogens with two attached hydrogens (primary N) is 1. The van der Waals surface area contributed by atoms with E-state index in [1.807, 2.05) is 0 Å². The van der Waals surface area contributed by atoms with Crippen molar-refractivity contribution in [3.63, 3.8) is 0 Å². The van der Waals surface area contributed by atoms with Gasteiger partial charge in [-0.15, -0.1) is 0 Å². The number of fused-ring (bicyclic) bond motifs is 1. The number of Topliss-reactive ketones (excluding diaryl/α,β-unsaturated/α-hetero) is 2. The molecule has 16 heavy (non-hydrogen) atoms. The van der Waals surface area contributed by atoms with E-state index in [0.29, 0.717) is 0 Å². The molecule has 82 valence electrons. The van der Waals surface area contributed by atoms with Crippen molar-refractivity contribution in [2.75, 3.05) is 0 Å². The normalized spacial score (nSPS) is 15.4. The van der Waals surface area contributed by atoms with Crippen LogP contribution in [-0.2, 0) is 0 Å². The fourth-order valence-corrected chi connectivity index (χ4v) is 1.92. The average Bonchev–Trinajstić information content (AvgIpc) is 2.26. The molecule has 0 saturated carbocycles. The van der Waals surface area contributed by atoms with E-state index in [4.69, 9.17) is 40.5 Å². The minimum atomic E-state index is -0.521. The number of hydrogen-bond donors (Lipinski definition) is 1. The Labute approximate surface area is 106 Å². The molecule has 0 heterocycles. The summed E-state index contributed by atoms with van der Waals surface area (Å²) in [7, 11) is 0. The van der Waals surface area contributed by atoms with E-state index in [9.17, 15) is 9.59 Å². The van der Waals surface area contributed by atoms with Crippen LogP contribution in [0.4, 0.5) is 0 Å². The molecule has 1 aliphatic rings. The molecule has 0 unspecified atom stereocenters. The maximum atomic E-state index is 11.7. The van der Waals surface area contributed by atoms with Crippen LogP contribution in [0.1, 0.15) is 20.7 Å². The van der Waals surface area contributed by atoms with E-state index >= 15 is 0 Å². The Balaban J connectivity index is 2.76. The number of rotatable bonds is 0. The summed E-state index contributed by atoms with van der Waals surface area (Å²) in [4.78, 5) is 23.4. The van der Waals surface area contributed by atoms with Gasteiger partial charge in [0.15, 0.2) is 0 Å². The lowest BCUT2D eigenvalue weighted by atomic mass is 9.93. The van der Waals surface area contributed by atoms with Gasteiger partial charge in [-0.1, -0.05) is 34.8 Å². The van der Waals surface area contributed by atoms with Crippen molar-refractivity contribution in [3.8, 4) is 0 Å². The van der Waals surface area contributed by atoms with Gasteiger partial charge in [0, 0.05) is 11.1 Å². The smallest absolute Gasteiger partial charge is 0.211 e. The quantitative estimate of drug-likeness (QED) is 0.792. The van der Waals surface area contributed by atoms with Gasteiger partial charge >= 0.3 is 0 Å². The lowest BCUT2D eigenvalue weighted by Gasteiger charge is -2.15. The van der Waals surface area contributed by atoms with Gasteiger partial charge in [-0.25, -0.2) is 0 Å². The van der Waals surface area contributed by atoms with Gasteiger partial charge in [0.05, 0.1) is 10.0 Å². The van der Waals surface area contributed by atoms with Crippen molar-refractivity contribution in [3.05, 3.63) is 44.0 Å². The molecule has 0 aromatic heterocycles. The first-order valence-corrected chi connectivity index (χ1v) is 5.30. The van der Waals surface area contributed by atoms with Crippen molar-refractivity contribution >= 4 is 46.4 Å². The van der Waals surface area contributed by atoms with Crippen LogP contribution in [0, 0.1) is 0 Å². The van der Waals surface area contributed by atoms with Gasteiger partial charge in [-0.3, -0.25) is 9.59 Å². The van der Waals surface area contributed by atoms with Crippen LogP contribution < -0.4 is 5.73 Å². The zero-order chi connectivity index (χ0) is 12.0. The molecule has 0 fully saturated rings. The van der Waals surface area contributed by atoms with Crippen LogP contribution in [0.3, 0.4) is 0 Å². The second-order valence-electron chi connectivity index (χ2n) is 3.20. The van der Waals surface area contributed by atoms with E-state index in [1.54, 1.807) is 0 Å². The molecule has 1 aromatic rings. The van der Waals surface area contributed by atoms with E-state index < -0.39 is 11.6 Å². The monoisotopic (exact) mass is 275 g/mol. The molecule has 3 nitrogen and oxygen atoms in total. The number of halogens is 3. The summed E-state index contributed by atoms with van der Waals surface area (Å²) in [5, 5.41) is 0.0924. The summed E-state index contributed by atoms with van der Waals surface area (Å²) < 4.78 is 0. The molecule has 0 amide bonds. The second kappa shape index (κ2) is 3.77. The van der Waals surface area contributed by atoms with Crippen LogP contribution in [0.5, 0.6) is 0 Å². The lowest BCUT2D eigenvalue weighted by Crippen LogP contribution is -2.24. The molecular formula is C10H4Cl3NO2. The third-order valence-corrected chi connectivity index (χ3v) is 3.33. The Hall–Kier alpha value is -1.03. The lowest BCUT2D eigenvalue weighted by molar-refractivity contribution is 0.0979. The molecule has 1 aliphatic carbocycles. The maximum Gasteiger partial charge on any atom is 0.211 e. The number of allylic oxidation sites excluding steroid dienone is 2. The SMILES string of the molecule is NC1=C(Cl)C(=O)c2cc(Cl)c(Cl)cc2C1=O. The predicted octanol–water partition coefficient (Wildman–Crippen LogP) is 2.78. The third-order valence-electron chi connectivity index (χ3n) is 2.23. The van der Waals surface area contributed by atoms with E-state index in [-0.39, 0.29) is 31.9 Å². The molecule has 0 bridgehead atoms. The summed E-state index contributed by atoms with van der Waals surface area (Å²) in [6, 6.07) is 2.63. The van der Waals surface area contributed by atoms with Crippen molar-refractivity contribution in [1.29, 1.82) is 0 Å². The van der Waals surface area contributed by atoms with Crippen LogP contribution >= 0.6 is 34.8 Å². The number of carbonyl (C=O) groups is 2. The van der Waals surface area contributed by atoms with Gasteiger partial charge in [0.2, 0.25) is 11.6 Å². The third kappa shape index (κ3) is 1.52. The Morgan fingerprint density at radius 2 is 1.31 bits per heavy atom. The summed E-state index contributed by atoms with van der Waals surface area (Å²) in [5.74, 6) is -1.04. The highest BCUT2D eigenvalue weighted by molar-refractivity contribution is 6.50. The molecule has 6 heteroatoms. The molecule has 2 rings (SSSR count). The number of hydrogen-bond acceptors (Lipinski definition) is 3. The van der Waals surface area contributed by atoms with Gasteiger partial charge in [-0.2, -0.15) is 0 Å². The summed E-state index contributed by atoms with van der Waals surface area (Å²) >= 11 is 17.2. The first-order valence-electron chi connectivity index (χ1n) is 4.17. The van der Waals surface area contributed by atoms with Crippen molar-refractivity contribution in [1.82, 2.24) is 0 Å². The fourth-order valence-electron chi connectivity index (χ4n) is 1.41. The van der Waals surface area contributed by atoms with Gasteiger partial charge < -0.3 is 5.73 Å². The molecule has 0 atom stereocenters. The molecule has 0 spiro atoms. The van der Waals surface area contributed by atoms with E-state index in [2.05, 4.69) is 0 Å². The van der Waals surface area contributed by atoms with Gasteiger partial charge in [-0.05, 0) is 12.1 Å². The molecule has 0 radical (unpaired) electrons. The first-order chi connectivity index (χ1) is 7.43. The van der Waals surface area contributed by atoms with Crippen LogP contribution in [0.25, 0.3) is 0 Å². The van der Waals surface area contributed by atoms with Gasteiger partial charge in [0.25, 0.3) is 0 Å². The molecule has 0 aliphatic heterocycles. The highest BCUT2D eigenvalue weighted by atomic mass is 35.5. The second-order valence-corrected chi connectivity index (χ2v) is 4.39. The highest BCUT2D eigenvalue weighted by Crippen LogP contribution is 2.32. The Kier molecular flexibility index (Phi) is 2.70. The molecule has 0 saturated heterocycles. The predicted molar refractivity (Wildman–Crippen MR) is 62.2 cm³/mol. The Morgan fingerprint density at radius 1 is 0.875 bits per heavy atom. The minimum absolute atomic E-state index is 0.124. The zero-order valence-corrected chi connectivity index (χ0v) is 9.95. The number of benzene rings is 1. The summed E-state index contributed by atoms with van der Waals surface area (Å²) in [5.41, 5.74) is 5.40. The van der Waals surface area contributed by atoms with Gasteiger partial charge in [0.1, 0.15) is 10.7 Å². The average molecular weight is 277 g/mol. The minimum Gasteiger partial charge on any atom is -0.394 e. The first kappa shape index (κ1) is 11.5. The Bertz CT molecular complexity index is 514. The molecule has 2 N–H and O–H groups in total. The fraction of sp³-hybridized carbons (Fsp3) is 0. The van der Waals surface area contributed by atoms with E-state index in [0.717, 1.165) is 0 Å². The van der Waals surface area contributed by atoms with Crippen molar-refractivity contribution in [2.24, 2.45) is 5.73 Å². The van der Waals surface area contributed by atoms with Crippen LogP contribution in [0.15, 0.2) is 22.9 Å². The Morgan fingerprint density at radius 3 is 1.81 bits per heavy atom. The topological polar surface area (TPSA) is 60.2 Å². The van der Waals surface area contributed by atoms with E-state index in [1.165, 1.54) is 12.1 Å². The largest absolute Gasteiger partial charge is 0.394 e. The number of ketones is 2.